The molecule has 0 saturated carbocycles. The number of nitrogens with zero attached hydrogens (tertiary/aromatic N) is 5. The van der Waals surface area contributed by atoms with Gasteiger partial charge in [-0.15, -0.1) is 0 Å². The lowest BCUT2D eigenvalue weighted by molar-refractivity contribution is -0.133. The van der Waals surface area contributed by atoms with E-state index in [4.69, 9.17) is 4.74 Å². The van der Waals surface area contributed by atoms with E-state index in [0.717, 1.165) is 25.6 Å². The van der Waals surface area contributed by atoms with Gasteiger partial charge in [0.2, 0.25) is 11.9 Å². The van der Waals surface area contributed by atoms with Crippen LogP contribution in [0.5, 0.6) is 5.75 Å². The van der Waals surface area contributed by atoms with Crippen LogP contribution < -0.4 is 9.64 Å². The van der Waals surface area contributed by atoms with Gasteiger partial charge in [-0.1, -0.05) is 24.3 Å². The maximum Gasteiger partial charge on any atom is 0.237 e. The molecule has 154 valence electrons. The second-order valence-electron chi connectivity index (χ2n) is 8.34. The van der Waals surface area contributed by atoms with Crippen molar-refractivity contribution in [3.05, 3.63) is 47.8 Å². The number of likely N-dealkylation sites (tertiary alicyclic amines) is 1. The first-order valence-electron chi connectivity index (χ1n) is 10.1. The van der Waals surface area contributed by atoms with Crippen molar-refractivity contribution in [1.82, 2.24) is 19.8 Å². The molecule has 2 fully saturated rings. The largest absolute Gasteiger partial charge is 0.494 e. The Morgan fingerprint density at radius 2 is 1.90 bits per heavy atom. The molecule has 4 rings (SSSR count). The molecule has 7 nitrogen and oxygen atoms in total. The molecule has 3 atom stereocenters. The number of rotatable bonds is 5. The lowest BCUT2D eigenvalue weighted by atomic mass is 9.87. The number of aromatic nitrogens is 2. The number of hydrogen-bond donors (Lipinski definition) is 0. The molecule has 2 aliphatic rings. The van der Waals surface area contributed by atoms with E-state index in [1.807, 2.05) is 19.0 Å². The minimum atomic E-state index is 0.0944. The number of ether oxygens (including phenoxy) is 1. The Morgan fingerprint density at radius 1 is 1.17 bits per heavy atom. The molecule has 1 amide bonds. The number of likely N-dealkylation sites (N-methyl/N-ethyl adjacent to an activating group) is 1. The van der Waals surface area contributed by atoms with Gasteiger partial charge in [0.15, 0.2) is 5.75 Å². The van der Waals surface area contributed by atoms with E-state index in [9.17, 15) is 4.79 Å². The summed E-state index contributed by atoms with van der Waals surface area (Å²) in [6.07, 6.45) is 3.42. The minimum absolute atomic E-state index is 0.0944. The molecule has 3 heterocycles. The summed E-state index contributed by atoms with van der Waals surface area (Å²) in [4.78, 5) is 28.3. The highest BCUT2D eigenvalue weighted by atomic mass is 16.5. The molecule has 0 unspecified atom stereocenters. The Bertz CT molecular complexity index is 870. The highest BCUT2D eigenvalue weighted by Crippen LogP contribution is 2.46. The Hall–Kier alpha value is -2.67. The van der Waals surface area contributed by atoms with Crippen molar-refractivity contribution in [2.24, 2.45) is 11.8 Å². The molecule has 1 aromatic carbocycles. The predicted octanol–water partition coefficient (Wildman–Crippen LogP) is 1.99. The van der Waals surface area contributed by atoms with Gasteiger partial charge < -0.3 is 19.4 Å². The predicted molar refractivity (Wildman–Crippen MR) is 112 cm³/mol. The van der Waals surface area contributed by atoms with E-state index in [1.165, 1.54) is 11.1 Å². The highest BCUT2D eigenvalue weighted by Gasteiger charge is 2.49. The van der Waals surface area contributed by atoms with Gasteiger partial charge in [-0.25, -0.2) is 9.97 Å². The Balaban J connectivity index is 1.61. The summed E-state index contributed by atoms with van der Waals surface area (Å²) in [6, 6.07) is 8.53. The molecule has 1 aromatic heterocycles. The smallest absolute Gasteiger partial charge is 0.237 e. The van der Waals surface area contributed by atoms with Crippen LogP contribution in [0.25, 0.3) is 0 Å². The quantitative estimate of drug-likeness (QED) is 0.772. The minimum Gasteiger partial charge on any atom is -0.494 e. The van der Waals surface area contributed by atoms with Crippen molar-refractivity contribution >= 4 is 11.9 Å². The van der Waals surface area contributed by atoms with Crippen LogP contribution in [-0.4, -0.2) is 73.1 Å². The summed E-state index contributed by atoms with van der Waals surface area (Å²) >= 11 is 0. The van der Waals surface area contributed by atoms with Gasteiger partial charge in [0.25, 0.3) is 0 Å². The Labute approximate surface area is 172 Å². The van der Waals surface area contributed by atoms with Crippen molar-refractivity contribution in [3.8, 4) is 5.75 Å². The maximum atomic E-state index is 13.0. The molecule has 29 heavy (non-hydrogen) atoms. The zero-order valence-corrected chi connectivity index (χ0v) is 17.6. The lowest BCUT2D eigenvalue weighted by Gasteiger charge is -2.31. The molecule has 0 radical (unpaired) electrons. The SMILES string of the molecule is COc1cnc(N2C[C@@H]3CN(C(=O)CN(C)C)[C@@H](c4ccccc4C)[C@@H]3C2)nc1. The second kappa shape index (κ2) is 7.99. The number of fused-ring (bicyclic) bond motifs is 1. The third-order valence-corrected chi connectivity index (χ3v) is 6.08. The zero-order valence-electron chi connectivity index (χ0n) is 17.6. The number of hydrogen-bond acceptors (Lipinski definition) is 6. The molecule has 0 bridgehead atoms. The van der Waals surface area contributed by atoms with Gasteiger partial charge in [-0.2, -0.15) is 0 Å². The molecule has 2 aliphatic heterocycles. The number of methoxy groups -OCH3 is 1. The first kappa shape index (κ1) is 19.6. The molecule has 2 aromatic rings. The van der Waals surface area contributed by atoms with E-state index in [0.29, 0.717) is 24.1 Å². The lowest BCUT2D eigenvalue weighted by Crippen LogP contribution is -2.40. The van der Waals surface area contributed by atoms with Crippen molar-refractivity contribution in [2.45, 2.75) is 13.0 Å². The van der Waals surface area contributed by atoms with Gasteiger partial charge in [0, 0.05) is 31.5 Å². The molecule has 0 spiro atoms. The van der Waals surface area contributed by atoms with Crippen LogP contribution in [0.4, 0.5) is 5.95 Å². The fourth-order valence-corrected chi connectivity index (χ4v) is 4.72. The fraction of sp³-hybridized carbons (Fsp3) is 0.500. The number of benzene rings is 1. The molecular formula is C22H29N5O2. The van der Waals surface area contributed by atoms with E-state index >= 15 is 0 Å². The van der Waals surface area contributed by atoms with Gasteiger partial charge >= 0.3 is 0 Å². The van der Waals surface area contributed by atoms with Gasteiger partial charge in [0.1, 0.15) is 0 Å². The van der Waals surface area contributed by atoms with Gasteiger partial charge in [-0.05, 0) is 32.1 Å². The highest BCUT2D eigenvalue weighted by molar-refractivity contribution is 5.79. The van der Waals surface area contributed by atoms with Crippen molar-refractivity contribution in [1.29, 1.82) is 0 Å². The number of amides is 1. The molecule has 0 aliphatic carbocycles. The summed E-state index contributed by atoms with van der Waals surface area (Å²) in [7, 11) is 5.51. The van der Waals surface area contributed by atoms with Crippen molar-refractivity contribution in [3.63, 3.8) is 0 Å². The summed E-state index contributed by atoms with van der Waals surface area (Å²) in [5.74, 6) is 2.37. The van der Waals surface area contributed by atoms with Gasteiger partial charge in [0.05, 0.1) is 32.1 Å². The summed E-state index contributed by atoms with van der Waals surface area (Å²) in [5, 5.41) is 0. The fourth-order valence-electron chi connectivity index (χ4n) is 4.72. The Kier molecular flexibility index (Phi) is 5.41. The van der Waals surface area contributed by atoms with Crippen LogP contribution in [0.3, 0.4) is 0 Å². The summed E-state index contributed by atoms with van der Waals surface area (Å²) < 4.78 is 5.17. The number of anilines is 1. The Morgan fingerprint density at radius 3 is 2.55 bits per heavy atom. The topological polar surface area (TPSA) is 61.8 Å². The monoisotopic (exact) mass is 395 g/mol. The van der Waals surface area contributed by atoms with Crippen LogP contribution in [0.1, 0.15) is 17.2 Å². The van der Waals surface area contributed by atoms with Crippen LogP contribution in [0, 0.1) is 18.8 Å². The van der Waals surface area contributed by atoms with E-state index in [1.54, 1.807) is 19.5 Å². The molecule has 7 heteroatoms. The van der Waals surface area contributed by atoms with E-state index in [2.05, 4.69) is 51.0 Å². The van der Waals surface area contributed by atoms with Crippen LogP contribution in [-0.2, 0) is 4.79 Å². The first-order valence-corrected chi connectivity index (χ1v) is 10.1. The van der Waals surface area contributed by atoms with Gasteiger partial charge in [-0.3, -0.25) is 4.79 Å². The maximum absolute atomic E-state index is 13.0. The number of aryl methyl sites for hydroxylation is 1. The third-order valence-electron chi connectivity index (χ3n) is 6.08. The average Bonchev–Trinajstić information content (AvgIpc) is 3.26. The van der Waals surface area contributed by atoms with Crippen LogP contribution >= 0.6 is 0 Å². The van der Waals surface area contributed by atoms with E-state index < -0.39 is 0 Å². The third kappa shape index (κ3) is 3.79. The zero-order chi connectivity index (χ0) is 20.5. The summed E-state index contributed by atoms with van der Waals surface area (Å²) in [6.45, 7) is 5.07. The normalized spacial score (nSPS) is 23.6. The van der Waals surface area contributed by atoms with Crippen LogP contribution in [0.2, 0.25) is 0 Å². The standard InChI is InChI=1S/C22H29N5O2/c1-15-7-5-6-8-18(15)21-19-13-26(22-23-9-17(29-4)10-24-22)11-16(19)12-27(21)20(28)14-25(2)3/h5-10,16,19,21H,11-14H2,1-4H3/t16-,19-,21+/m1/s1. The average molecular weight is 396 g/mol. The molecule has 0 N–H and O–H groups in total. The van der Waals surface area contributed by atoms with Crippen LogP contribution in [0.15, 0.2) is 36.7 Å². The molecule has 2 saturated heterocycles. The number of carbonyl (C=O) groups excluding carboxylic acids is 1. The second-order valence-corrected chi connectivity index (χ2v) is 8.34. The summed E-state index contributed by atoms with van der Waals surface area (Å²) in [5.41, 5.74) is 2.49. The van der Waals surface area contributed by atoms with Crippen molar-refractivity contribution in [2.75, 3.05) is 52.3 Å². The van der Waals surface area contributed by atoms with Crippen molar-refractivity contribution < 1.29 is 9.53 Å². The molecular weight excluding hydrogens is 366 g/mol. The number of carbonyl (C=O) groups is 1. The van der Waals surface area contributed by atoms with E-state index in [-0.39, 0.29) is 11.9 Å². The first-order chi connectivity index (χ1) is 14.0.